The Morgan fingerprint density at radius 2 is 2.10 bits per heavy atom. The van der Waals surface area contributed by atoms with Crippen LogP contribution in [0.15, 0.2) is 35.5 Å². The molecule has 4 N–H and O–H groups in total. The van der Waals surface area contributed by atoms with E-state index in [0.29, 0.717) is 6.42 Å². The van der Waals surface area contributed by atoms with Gasteiger partial charge in [-0.25, -0.2) is 0 Å². The van der Waals surface area contributed by atoms with E-state index in [1.165, 1.54) is 0 Å². The fourth-order valence-corrected chi connectivity index (χ4v) is 2.24. The molecule has 1 fully saturated rings. The maximum atomic E-state index is 12.3. The van der Waals surface area contributed by atoms with Gasteiger partial charge in [0.05, 0.1) is 0 Å². The van der Waals surface area contributed by atoms with E-state index in [4.69, 9.17) is 10.9 Å². The molecule has 0 spiro atoms. The second kappa shape index (κ2) is 5.53. The summed E-state index contributed by atoms with van der Waals surface area (Å²) < 4.78 is 0. The van der Waals surface area contributed by atoms with Crippen molar-refractivity contribution in [3.05, 3.63) is 35.9 Å². The number of carbonyl (C=O) groups excluding carboxylic acids is 1. The van der Waals surface area contributed by atoms with Crippen LogP contribution in [0.1, 0.15) is 25.8 Å². The lowest BCUT2D eigenvalue weighted by Crippen LogP contribution is -2.42. The first-order valence-corrected chi connectivity index (χ1v) is 6.76. The van der Waals surface area contributed by atoms with Crippen LogP contribution >= 0.6 is 0 Å². The zero-order chi connectivity index (χ0) is 14.8. The highest BCUT2D eigenvalue weighted by atomic mass is 16.4. The third kappa shape index (κ3) is 3.29. The van der Waals surface area contributed by atoms with Crippen LogP contribution in [0.25, 0.3) is 0 Å². The van der Waals surface area contributed by atoms with Crippen molar-refractivity contribution in [3.63, 3.8) is 0 Å². The molecule has 1 amide bonds. The molecule has 0 bridgehead atoms. The Labute approximate surface area is 118 Å². The molecule has 0 radical (unpaired) electrons. The van der Waals surface area contributed by atoms with Gasteiger partial charge in [-0.2, -0.15) is 0 Å². The molecular formula is C15H21N3O2. The maximum Gasteiger partial charge on any atom is 0.231 e. The molecule has 2 rings (SSSR count). The van der Waals surface area contributed by atoms with Gasteiger partial charge in [0.25, 0.3) is 0 Å². The van der Waals surface area contributed by atoms with E-state index >= 15 is 0 Å². The maximum absolute atomic E-state index is 12.3. The largest absolute Gasteiger partial charge is 0.409 e. The van der Waals surface area contributed by atoms with E-state index in [1.807, 2.05) is 30.3 Å². The van der Waals surface area contributed by atoms with E-state index < -0.39 is 5.92 Å². The molecule has 1 aliphatic rings. The molecule has 1 aliphatic carbocycles. The van der Waals surface area contributed by atoms with Gasteiger partial charge in [0, 0.05) is 6.04 Å². The van der Waals surface area contributed by atoms with Gasteiger partial charge in [-0.15, -0.1) is 0 Å². The van der Waals surface area contributed by atoms with Crippen LogP contribution in [-0.2, 0) is 11.2 Å². The van der Waals surface area contributed by atoms with E-state index in [-0.39, 0.29) is 23.2 Å². The predicted octanol–water partition coefficient (Wildman–Crippen LogP) is 1.51. The number of nitrogens with zero attached hydrogens (tertiary/aromatic N) is 1. The molecule has 1 saturated carbocycles. The monoisotopic (exact) mass is 275 g/mol. The van der Waals surface area contributed by atoms with Gasteiger partial charge < -0.3 is 16.3 Å². The van der Waals surface area contributed by atoms with Crippen LogP contribution in [0, 0.1) is 11.3 Å². The van der Waals surface area contributed by atoms with Crippen molar-refractivity contribution in [2.24, 2.45) is 22.2 Å². The number of hydrogen-bond acceptors (Lipinski definition) is 3. The lowest BCUT2D eigenvalue weighted by atomic mass is 9.97. The number of hydrogen-bond donors (Lipinski definition) is 3. The Balaban J connectivity index is 2.06. The molecule has 5 nitrogen and oxygen atoms in total. The number of benzene rings is 1. The van der Waals surface area contributed by atoms with Crippen LogP contribution in [0.4, 0.5) is 0 Å². The summed E-state index contributed by atoms with van der Waals surface area (Å²) in [6, 6.07) is 9.74. The van der Waals surface area contributed by atoms with Gasteiger partial charge in [0.2, 0.25) is 5.91 Å². The lowest BCUT2D eigenvalue weighted by molar-refractivity contribution is -0.123. The molecule has 5 heteroatoms. The van der Waals surface area contributed by atoms with Crippen molar-refractivity contribution in [1.29, 1.82) is 0 Å². The molecule has 0 aromatic heterocycles. The lowest BCUT2D eigenvalue weighted by Gasteiger charge is -2.16. The zero-order valence-corrected chi connectivity index (χ0v) is 11.8. The Morgan fingerprint density at radius 1 is 1.50 bits per heavy atom. The van der Waals surface area contributed by atoms with Crippen LogP contribution in [-0.4, -0.2) is 23.0 Å². The van der Waals surface area contributed by atoms with Gasteiger partial charge in [-0.05, 0) is 23.8 Å². The fourth-order valence-electron chi connectivity index (χ4n) is 2.24. The van der Waals surface area contributed by atoms with Crippen molar-refractivity contribution in [2.45, 2.75) is 32.7 Å². The Hall–Kier alpha value is -2.04. The van der Waals surface area contributed by atoms with E-state index in [2.05, 4.69) is 24.3 Å². The van der Waals surface area contributed by atoms with Crippen molar-refractivity contribution >= 4 is 11.7 Å². The van der Waals surface area contributed by atoms with E-state index in [9.17, 15) is 4.79 Å². The molecule has 0 saturated heterocycles. The molecule has 1 aromatic carbocycles. The van der Waals surface area contributed by atoms with Crippen molar-refractivity contribution in [3.8, 4) is 0 Å². The summed E-state index contributed by atoms with van der Waals surface area (Å²) in [4.78, 5) is 12.3. The van der Waals surface area contributed by atoms with Crippen LogP contribution in [0.2, 0.25) is 0 Å². The van der Waals surface area contributed by atoms with Gasteiger partial charge in [0.15, 0.2) is 5.84 Å². The first-order valence-electron chi connectivity index (χ1n) is 6.76. The van der Waals surface area contributed by atoms with Crippen LogP contribution in [0.3, 0.4) is 0 Å². The van der Waals surface area contributed by atoms with Gasteiger partial charge in [-0.3, -0.25) is 4.79 Å². The fraction of sp³-hybridized carbons (Fsp3) is 0.467. The van der Waals surface area contributed by atoms with Crippen LogP contribution < -0.4 is 11.1 Å². The second-order valence-corrected chi connectivity index (χ2v) is 6.02. The van der Waals surface area contributed by atoms with Gasteiger partial charge >= 0.3 is 0 Å². The topological polar surface area (TPSA) is 87.7 Å². The quantitative estimate of drug-likeness (QED) is 0.329. The van der Waals surface area contributed by atoms with Gasteiger partial charge in [0.1, 0.15) is 5.92 Å². The second-order valence-electron chi connectivity index (χ2n) is 6.02. The molecule has 0 aliphatic heterocycles. The first-order chi connectivity index (χ1) is 9.44. The Bertz CT molecular complexity index is 511. The molecule has 20 heavy (non-hydrogen) atoms. The Morgan fingerprint density at radius 3 is 2.60 bits per heavy atom. The normalized spacial score (nSPS) is 22.1. The highest BCUT2D eigenvalue weighted by Gasteiger charge is 2.47. The zero-order valence-electron chi connectivity index (χ0n) is 11.8. The van der Waals surface area contributed by atoms with Crippen molar-refractivity contribution in [1.82, 2.24) is 5.32 Å². The van der Waals surface area contributed by atoms with Crippen molar-refractivity contribution in [2.75, 3.05) is 0 Å². The number of carbonyl (C=O) groups is 1. The average Bonchev–Trinajstić information content (AvgIpc) is 3.03. The number of amidine groups is 1. The minimum Gasteiger partial charge on any atom is -0.409 e. The molecule has 2 atom stereocenters. The number of nitrogens with two attached hydrogens (primary N) is 1. The highest BCUT2D eigenvalue weighted by molar-refractivity contribution is 6.02. The number of nitrogens with one attached hydrogen (secondary N) is 1. The number of oxime groups is 1. The molecule has 108 valence electrons. The first kappa shape index (κ1) is 14.4. The third-order valence-corrected chi connectivity index (χ3v) is 3.90. The summed E-state index contributed by atoms with van der Waals surface area (Å²) in [5.41, 5.74) is 6.80. The SMILES string of the molecule is CC1(C)CC1NC(=O)C(Cc1ccccc1)C(N)=NO. The summed E-state index contributed by atoms with van der Waals surface area (Å²) in [5.74, 6) is -0.872. The average molecular weight is 275 g/mol. The van der Waals surface area contributed by atoms with E-state index in [1.54, 1.807) is 0 Å². The Kier molecular flexibility index (Phi) is 3.97. The van der Waals surface area contributed by atoms with Gasteiger partial charge in [-0.1, -0.05) is 49.3 Å². The van der Waals surface area contributed by atoms with Crippen LogP contribution in [0.5, 0.6) is 0 Å². The smallest absolute Gasteiger partial charge is 0.231 e. The minimum atomic E-state index is -0.640. The molecular weight excluding hydrogens is 254 g/mol. The van der Waals surface area contributed by atoms with Crippen molar-refractivity contribution < 1.29 is 10.0 Å². The minimum absolute atomic E-state index is 0.0511. The summed E-state index contributed by atoms with van der Waals surface area (Å²) in [5, 5.41) is 14.8. The number of rotatable bonds is 5. The molecule has 1 aromatic rings. The molecule has 2 unspecified atom stereocenters. The van der Waals surface area contributed by atoms with E-state index in [0.717, 1.165) is 12.0 Å². The summed E-state index contributed by atoms with van der Waals surface area (Å²) in [7, 11) is 0. The predicted molar refractivity (Wildman–Crippen MR) is 77.4 cm³/mol. The highest BCUT2D eigenvalue weighted by Crippen LogP contribution is 2.44. The number of amides is 1. The molecule has 0 heterocycles. The standard InChI is InChI=1S/C15H21N3O2/c1-15(2)9-12(15)17-14(19)11(13(16)18-20)8-10-6-4-3-5-7-10/h3-7,11-12,20H,8-9H2,1-2H3,(H2,16,18)(H,17,19). The summed E-state index contributed by atoms with van der Waals surface area (Å²) in [6.07, 6.45) is 1.39. The summed E-state index contributed by atoms with van der Waals surface area (Å²) >= 11 is 0. The summed E-state index contributed by atoms with van der Waals surface area (Å²) in [6.45, 7) is 4.21. The third-order valence-electron chi connectivity index (χ3n) is 3.90.